The maximum Gasteiger partial charge on any atom is 0.322 e. The van der Waals surface area contributed by atoms with Gasteiger partial charge in [-0.2, -0.15) is 0 Å². The third-order valence-electron chi connectivity index (χ3n) is 3.08. The van der Waals surface area contributed by atoms with Crippen LogP contribution in [0.2, 0.25) is 0 Å². The lowest BCUT2D eigenvalue weighted by Crippen LogP contribution is -2.38. The van der Waals surface area contributed by atoms with Crippen LogP contribution in [0.4, 0.5) is 19.3 Å². The molecule has 0 unspecified atom stereocenters. The second-order valence-electron chi connectivity index (χ2n) is 4.78. The van der Waals surface area contributed by atoms with E-state index in [9.17, 15) is 13.6 Å². The zero-order valence-corrected chi connectivity index (χ0v) is 11.5. The second-order valence-corrected chi connectivity index (χ2v) is 4.78. The average molecular weight is 300 g/mol. The Morgan fingerprint density at radius 3 is 2.76 bits per heavy atom. The van der Waals surface area contributed by atoms with Gasteiger partial charge in [0.05, 0.1) is 12.3 Å². The molecule has 2 amide bonds. The van der Waals surface area contributed by atoms with E-state index in [0.29, 0.717) is 5.69 Å². The number of amides is 2. The normalized spacial score (nSPS) is 14.1. The van der Waals surface area contributed by atoms with Crippen LogP contribution in [0.5, 0.6) is 5.75 Å². The van der Waals surface area contributed by atoms with Crippen molar-refractivity contribution in [3.63, 3.8) is 0 Å². The van der Waals surface area contributed by atoms with Crippen LogP contribution in [0.25, 0.3) is 0 Å². The maximum absolute atomic E-state index is 12.2. The summed E-state index contributed by atoms with van der Waals surface area (Å²) in [6, 6.07) is 6.21. The number of aliphatic hydroxyl groups excluding tert-OH is 1. The number of para-hydroxylation sites is 2. The molecule has 0 aliphatic heterocycles. The van der Waals surface area contributed by atoms with Crippen molar-refractivity contribution in [3.8, 4) is 5.75 Å². The van der Waals surface area contributed by atoms with Crippen LogP contribution in [-0.2, 0) is 0 Å². The van der Waals surface area contributed by atoms with Crippen molar-refractivity contribution in [3.05, 3.63) is 24.3 Å². The molecule has 1 aliphatic carbocycles. The van der Waals surface area contributed by atoms with Gasteiger partial charge in [-0.15, -0.1) is 0 Å². The first kappa shape index (κ1) is 15.5. The molecule has 1 fully saturated rings. The first-order valence-corrected chi connectivity index (χ1v) is 6.80. The SMILES string of the molecule is O=C(Nc1ccccc1OCC(F)F)N(CCO)C1CC1. The van der Waals surface area contributed by atoms with Gasteiger partial charge in [-0.1, -0.05) is 12.1 Å². The van der Waals surface area contributed by atoms with E-state index in [1.54, 1.807) is 23.1 Å². The van der Waals surface area contributed by atoms with Crippen molar-refractivity contribution in [1.29, 1.82) is 0 Å². The summed E-state index contributed by atoms with van der Waals surface area (Å²) < 4.78 is 29.4. The zero-order valence-electron chi connectivity index (χ0n) is 11.5. The summed E-state index contributed by atoms with van der Waals surface area (Å²) in [5.74, 6) is 0.200. The van der Waals surface area contributed by atoms with Crippen LogP contribution < -0.4 is 10.1 Å². The van der Waals surface area contributed by atoms with Crippen molar-refractivity contribution in [2.24, 2.45) is 0 Å². The highest BCUT2D eigenvalue weighted by molar-refractivity contribution is 5.91. The van der Waals surface area contributed by atoms with Crippen LogP contribution in [0.3, 0.4) is 0 Å². The van der Waals surface area contributed by atoms with Gasteiger partial charge >= 0.3 is 6.03 Å². The van der Waals surface area contributed by atoms with Gasteiger partial charge < -0.3 is 20.1 Å². The fourth-order valence-electron chi connectivity index (χ4n) is 1.98. The molecule has 0 aromatic heterocycles. The Labute approximate surface area is 121 Å². The van der Waals surface area contributed by atoms with Crippen LogP contribution in [0, 0.1) is 0 Å². The highest BCUT2D eigenvalue weighted by atomic mass is 19.3. The highest BCUT2D eigenvalue weighted by Crippen LogP contribution is 2.29. The predicted octanol–water partition coefficient (Wildman–Crippen LogP) is 2.32. The van der Waals surface area contributed by atoms with Gasteiger partial charge in [0.1, 0.15) is 12.4 Å². The molecule has 0 saturated heterocycles. The minimum atomic E-state index is -2.58. The number of carbonyl (C=O) groups excluding carboxylic acids is 1. The van der Waals surface area contributed by atoms with E-state index < -0.39 is 13.0 Å². The lowest BCUT2D eigenvalue weighted by atomic mass is 10.3. The van der Waals surface area contributed by atoms with Gasteiger partial charge in [-0.25, -0.2) is 13.6 Å². The molecule has 0 spiro atoms. The maximum atomic E-state index is 12.2. The summed E-state index contributed by atoms with van der Waals surface area (Å²) in [6.07, 6.45) is -0.750. The second kappa shape index (κ2) is 7.21. The first-order chi connectivity index (χ1) is 10.1. The minimum Gasteiger partial charge on any atom is -0.485 e. The van der Waals surface area contributed by atoms with Gasteiger partial charge in [-0.05, 0) is 25.0 Å². The Balaban J connectivity index is 2.02. The summed E-state index contributed by atoms with van der Waals surface area (Å²) >= 11 is 0. The summed E-state index contributed by atoms with van der Waals surface area (Å²) in [5.41, 5.74) is 0.340. The van der Waals surface area contributed by atoms with Gasteiger partial charge in [0.25, 0.3) is 6.43 Å². The molecule has 2 N–H and O–H groups in total. The number of alkyl halides is 2. The molecule has 0 heterocycles. The van der Waals surface area contributed by atoms with E-state index in [4.69, 9.17) is 9.84 Å². The number of hydrogen-bond donors (Lipinski definition) is 2. The third-order valence-corrected chi connectivity index (χ3v) is 3.08. The lowest BCUT2D eigenvalue weighted by Gasteiger charge is -2.22. The van der Waals surface area contributed by atoms with Crippen molar-refractivity contribution in [2.45, 2.75) is 25.3 Å². The molecule has 2 rings (SSSR count). The smallest absolute Gasteiger partial charge is 0.322 e. The lowest BCUT2D eigenvalue weighted by molar-refractivity contribution is 0.0822. The predicted molar refractivity (Wildman–Crippen MR) is 73.8 cm³/mol. The van der Waals surface area contributed by atoms with Crippen molar-refractivity contribution in [1.82, 2.24) is 4.90 Å². The first-order valence-electron chi connectivity index (χ1n) is 6.80. The molecule has 0 atom stereocenters. The summed E-state index contributed by atoms with van der Waals surface area (Å²) in [6.45, 7) is -0.597. The Morgan fingerprint density at radius 2 is 2.14 bits per heavy atom. The number of benzene rings is 1. The van der Waals surface area contributed by atoms with Crippen molar-refractivity contribution >= 4 is 11.7 Å². The molecule has 7 heteroatoms. The van der Waals surface area contributed by atoms with Crippen LogP contribution >= 0.6 is 0 Å². The number of anilines is 1. The number of urea groups is 1. The highest BCUT2D eigenvalue weighted by Gasteiger charge is 2.32. The Kier molecular flexibility index (Phi) is 5.32. The molecular formula is C14H18F2N2O3. The molecule has 1 aliphatic rings. The quantitative estimate of drug-likeness (QED) is 0.812. The van der Waals surface area contributed by atoms with Crippen LogP contribution in [0.1, 0.15) is 12.8 Å². The topological polar surface area (TPSA) is 61.8 Å². The Hall–Kier alpha value is -1.89. The number of aliphatic hydroxyl groups is 1. The minimum absolute atomic E-state index is 0.118. The van der Waals surface area contributed by atoms with E-state index in [1.165, 1.54) is 6.07 Å². The van der Waals surface area contributed by atoms with E-state index in [-0.39, 0.29) is 31.0 Å². The van der Waals surface area contributed by atoms with E-state index in [1.807, 2.05) is 0 Å². The molecule has 1 aromatic rings. The molecule has 1 aromatic carbocycles. The largest absolute Gasteiger partial charge is 0.485 e. The van der Waals surface area contributed by atoms with Crippen molar-refractivity contribution in [2.75, 3.05) is 25.1 Å². The molecule has 5 nitrogen and oxygen atoms in total. The number of nitrogens with zero attached hydrogens (tertiary/aromatic N) is 1. The van der Waals surface area contributed by atoms with Crippen molar-refractivity contribution < 1.29 is 23.4 Å². The summed E-state index contributed by atoms with van der Waals surface area (Å²) in [7, 11) is 0. The van der Waals surface area contributed by atoms with Gasteiger partial charge in [0.2, 0.25) is 0 Å². The van der Waals surface area contributed by atoms with E-state index in [0.717, 1.165) is 12.8 Å². The molecule has 21 heavy (non-hydrogen) atoms. The molecule has 0 bridgehead atoms. The fourth-order valence-corrected chi connectivity index (χ4v) is 1.98. The monoisotopic (exact) mass is 300 g/mol. The summed E-state index contributed by atoms with van der Waals surface area (Å²) in [4.78, 5) is 13.7. The number of nitrogens with one attached hydrogen (secondary N) is 1. The molecule has 1 saturated carbocycles. The average Bonchev–Trinajstić information content (AvgIpc) is 3.28. The van der Waals surface area contributed by atoms with E-state index >= 15 is 0 Å². The van der Waals surface area contributed by atoms with E-state index in [2.05, 4.69) is 5.32 Å². The number of halogens is 2. The molecule has 0 radical (unpaired) electrons. The number of ether oxygens (including phenoxy) is 1. The standard InChI is InChI=1S/C14H18F2N2O3/c15-13(16)9-21-12-4-2-1-3-11(12)17-14(20)18(7-8-19)10-5-6-10/h1-4,10,13,19H,5-9H2,(H,17,20). The summed E-state index contributed by atoms with van der Waals surface area (Å²) in [5, 5.41) is 11.6. The fraction of sp³-hybridized carbons (Fsp3) is 0.500. The number of carbonyl (C=O) groups is 1. The van der Waals surface area contributed by atoms with Crippen LogP contribution in [-0.4, -0.2) is 48.3 Å². The third kappa shape index (κ3) is 4.56. The Bertz CT molecular complexity index is 481. The van der Waals surface area contributed by atoms with Crippen LogP contribution in [0.15, 0.2) is 24.3 Å². The van der Waals surface area contributed by atoms with Gasteiger partial charge in [0, 0.05) is 12.6 Å². The molecule has 116 valence electrons. The van der Waals surface area contributed by atoms with Gasteiger partial charge in [-0.3, -0.25) is 0 Å². The molecular weight excluding hydrogens is 282 g/mol. The Morgan fingerprint density at radius 1 is 1.43 bits per heavy atom. The van der Waals surface area contributed by atoms with Gasteiger partial charge in [0.15, 0.2) is 0 Å². The number of hydrogen-bond acceptors (Lipinski definition) is 3. The zero-order chi connectivity index (χ0) is 15.2. The number of rotatable bonds is 7.